The van der Waals surface area contributed by atoms with Gasteiger partial charge < -0.3 is 0 Å². The summed E-state index contributed by atoms with van der Waals surface area (Å²) in [5.74, 6) is 0. The molecule has 0 radical (unpaired) electrons. The van der Waals surface area contributed by atoms with Crippen LogP contribution in [-0.2, 0) is 0 Å². The van der Waals surface area contributed by atoms with Gasteiger partial charge in [0.25, 0.3) is 0 Å². The third-order valence-corrected chi connectivity index (χ3v) is 1.56. The second kappa shape index (κ2) is 4.79. The van der Waals surface area contributed by atoms with Gasteiger partial charge in [0, 0.05) is 0 Å². The van der Waals surface area contributed by atoms with Crippen LogP contribution in [0.5, 0.6) is 0 Å². The maximum atomic E-state index is 12.5. The van der Waals surface area contributed by atoms with Gasteiger partial charge >= 0.3 is 18.1 Å². The predicted octanol–water partition coefficient (Wildman–Crippen LogP) is 2.19. The average molecular weight is 252 g/mol. The van der Waals surface area contributed by atoms with Crippen molar-refractivity contribution in [1.82, 2.24) is 10.6 Å². The topological polar surface area (TPSA) is 41.1 Å². The molecule has 2 N–H and O–H groups in total. The number of alkyl halides is 6. The Morgan fingerprint density at radius 3 is 1.38 bits per heavy atom. The van der Waals surface area contributed by atoms with E-state index in [1.54, 1.807) is 0 Å². The molecule has 0 aliphatic carbocycles. The largest absolute Gasteiger partial charge is 0.357 e. The molecule has 0 bridgehead atoms. The molecule has 9 heteroatoms. The second-order valence-electron chi connectivity index (χ2n) is 3.06. The summed E-state index contributed by atoms with van der Waals surface area (Å²) in [6, 6.07) is -10.7. The van der Waals surface area contributed by atoms with E-state index < -0.39 is 30.5 Å². The molecular formula is C7H10F6N2O. The van der Waals surface area contributed by atoms with Crippen LogP contribution in [0.1, 0.15) is 13.8 Å². The third kappa shape index (κ3) is 4.15. The highest BCUT2D eigenvalue weighted by molar-refractivity contribution is 5.75. The van der Waals surface area contributed by atoms with Gasteiger partial charge in [-0.25, -0.2) is 13.6 Å². The van der Waals surface area contributed by atoms with Crippen LogP contribution in [0, 0.1) is 0 Å². The molecule has 0 aromatic rings. The monoisotopic (exact) mass is 252 g/mol. The number of carbonyl (C=O) groups excluding carboxylic acids is 1. The highest BCUT2D eigenvalue weighted by Crippen LogP contribution is 2.20. The fraction of sp³-hybridized carbons (Fsp3) is 0.857. The SMILES string of the molecule is CC(F)C(F)(F)NC(=O)NC(F)(F)C(C)F. The minimum Gasteiger partial charge on any atom is -0.276 e. The van der Waals surface area contributed by atoms with Gasteiger partial charge in [-0.15, -0.1) is 0 Å². The van der Waals surface area contributed by atoms with Crippen molar-refractivity contribution in [3.8, 4) is 0 Å². The fourth-order valence-electron chi connectivity index (χ4n) is 0.533. The summed E-state index contributed by atoms with van der Waals surface area (Å²) in [4.78, 5) is 10.6. The molecule has 2 unspecified atom stereocenters. The molecule has 0 spiro atoms. The van der Waals surface area contributed by atoms with E-state index in [4.69, 9.17) is 0 Å². The van der Waals surface area contributed by atoms with E-state index in [2.05, 4.69) is 0 Å². The summed E-state index contributed by atoms with van der Waals surface area (Å²) in [5, 5.41) is 1.32. The summed E-state index contributed by atoms with van der Waals surface area (Å²) in [6.07, 6.45) is -5.54. The maximum Gasteiger partial charge on any atom is 0.357 e. The first-order chi connectivity index (χ1) is 6.99. The molecule has 0 fully saturated rings. The summed E-state index contributed by atoms with van der Waals surface area (Å²) in [6.45, 7) is 0.854. The van der Waals surface area contributed by atoms with Crippen LogP contribution in [0.3, 0.4) is 0 Å². The van der Waals surface area contributed by atoms with Gasteiger partial charge in [-0.05, 0) is 13.8 Å². The number of carbonyl (C=O) groups is 1. The smallest absolute Gasteiger partial charge is 0.276 e. The van der Waals surface area contributed by atoms with Gasteiger partial charge in [-0.3, -0.25) is 10.6 Å². The quantitative estimate of drug-likeness (QED) is 0.584. The van der Waals surface area contributed by atoms with Crippen molar-refractivity contribution < 1.29 is 31.1 Å². The molecule has 3 nitrogen and oxygen atoms in total. The summed E-state index contributed by atoms with van der Waals surface area (Å²) in [5.41, 5.74) is 0. The number of hydrogen-bond donors (Lipinski definition) is 2. The Bertz CT molecular complexity index is 231. The van der Waals surface area contributed by atoms with E-state index in [1.165, 1.54) is 0 Å². The minimum absolute atomic E-state index is 0.427. The molecule has 96 valence electrons. The minimum atomic E-state index is -4.31. The van der Waals surface area contributed by atoms with Crippen LogP contribution < -0.4 is 10.6 Å². The fourth-order valence-corrected chi connectivity index (χ4v) is 0.533. The zero-order valence-corrected chi connectivity index (χ0v) is 8.33. The first-order valence-corrected chi connectivity index (χ1v) is 4.13. The van der Waals surface area contributed by atoms with E-state index in [0.29, 0.717) is 24.5 Å². The lowest BCUT2D eigenvalue weighted by Crippen LogP contribution is -2.57. The zero-order chi connectivity index (χ0) is 13.1. The predicted molar refractivity (Wildman–Crippen MR) is 42.7 cm³/mol. The van der Waals surface area contributed by atoms with E-state index in [1.807, 2.05) is 0 Å². The molecule has 0 aromatic heterocycles. The normalized spacial score (nSPS) is 16.5. The van der Waals surface area contributed by atoms with Gasteiger partial charge in [-0.2, -0.15) is 17.6 Å². The van der Waals surface area contributed by atoms with E-state index >= 15 is 0 Å². The van der Waals surface area contributed by atoms with E-state index in [0.717, 1.165) is 0 Å². The van der Waals surface area contributed by atoms with Crippen LogP contribution in [0.2, 0.25) is 0 Å². The van der Waals surface area contributed by atoms with Crippen molar-refractivity contribution >= 4 is 6.03 Å². The van der Waals surface area contributed by atoms with Crippen LogP contribution in [0.4, 0.5) is 31.1 Å². The molecule has 2 atom stereocenters. The maximum absolute atomic E-state index is 12.5. The van der Waals surface area contributed by atoms with Crippen LogP contribution in [0.25, 0.3) is 0 Å². The van der Waals surface area contributed by atoms with Crippen LogP contribution >= 0.6 is 0 Å². The third-order valence-electron chi connectivity index (χ3n) is 1.56. The molecular weight excluding hydrogens is 242 g/mol. The van der Waals surface area contributed by atoms with Crippen LogP contribution in [-0.4, -0.2) is 30.5 Å². The highest BCUT2D eigenvalue weighted by Gasteiger charge is 2.43. The molecule has 0 rings (SSSR count). The average Bonchev–Trinajstić information content (AvgIpc) is 2.00. The van der Waals surface area contributed by atoms with Crippen LogP contribution in [0.15, 0.2) is 0 Å². The van der Waals surface area contributed by atoms with Gasteiger partial charge in [0.2, 0.25) is 0 Å². The number of hydrogen-bond acceptors (Lipinski definition) is 1. The van der Waals surface area contributed by atoms with E-state index in [9.17, 15) is 31.1 Å². The zero-order valence-electron chi connectivity index (χ0n) is 8.33. The number of amides is 2. The number of halogens is 6. The van der Waals surface area contributed by atoms with Gasteiger partial charge in [0.15, 0.2) is 12.3 Å². The van der Waals surface area contributed by atoms with Crippen molar-refractivity contribution in [2.24, 2.45) is 0 Å². The Morgan fingerprint density at radius 1 is 0.938 bits per heavy atom. The van der Waals surface area contributed by atoms with Gasteiger partial charge in [0.05, 0.1) is 0 Å². The highest BCUT2D eigenvalue weighted by atomic mass is 19.3. The lowest BCUT2D eigenvalue weighted by atomic mass is 10.3. The van der Waals surface area contributed by atoms with Crippen molar-refractivity contribution in [3.63, 3.8) is 0 Å². The Morgan fingerprint density at radius 2 is 1.19 bits per heavy atom. The van der Waals surface area contributed by atoms with Crippen molar-refractivity contribution in [3.05, 3.63) is 0 Å². The Labute approximate surface area is 87.2 Å². The van der Waals surface area contributed by atoms with Crippen molar-refractivity contribution in [1.29, 1.82) is 0 Å². The Balaban J connectivity index is 4.41. The molecule has 0 aromatic carbocycles. The van der Waals surface area contributed by atoms with E-state index in [-0.39, 0.29) is 0 Å². The lowest BCUT2D eigenvalue weighted by Gasteiger charge is -2.23. The molecule has 0 saturated carbocycles. The first-order valence-electron chi connectivity index (χ1n) is 4.13. The molecule has 16 heavy (non-hydrogen) atoms. The molecule has 0 heterocycles. The number of urea groups is 1. The molecule has 0 aliphatic heterocycles. The summed E-state index contributed by atoms with van der Waals surface area (Å²) >= 11 is 0. The summed E-state index contributed by atoms with van der Waals surface area (Å²) in [7, 11) is 0. The number of rotatable bonds is 4. The summed E-state index contributed by atoms with van der Waals surface area (Å²) < 4.78 is 74.3. The second-order valence-corrected chi connectivity index (χ2v) is 3.06. The number of nitrogens with one attached hydrogen (secondary N) is 2. The molecule has 0 saturated heterocycles. The Hall–Kier alpha value is -1.15. The molecule has 0 aliphatic rings. The molecule has 2 amide bonds. The van der Waals surface area contributed by atoms with Gasteiger partial charge in [0.1, 0.15) is 0 Å². The Kier molecular flexibility index (Phi) is 4.45. The lowest BCUT2D eigenvalue weighted by molar-refractivity contribution is -0.0991. The van der Waals surface area contributed by atoms with Crippen molar-refractivity contribution in [2.75, 3.05) is 0 Å². The van der Waals surface area contributed by atoms with Crippen molar-refractivity contribution in [2.45, 2.75) is 38.3 Å². The standard InChI is InChI=1S/C7H10F6N2O/c1-3(8)6(10,11)14-5(16)15-7(12,13)4(2)9/h3-4H,1-2H3,(H2,14,15,16). The first kappa shape index (κ1) is 14.8. The van der Waals surface area contributed by atoms with Gasteiger partial charge in [-0.1, -0.05) is 0 Å².